The van der Waals surface area contributed by atoms with Crippen LogP contribution in [0.4, 0.5) is 5.82 Å². The molecule has 0 aliphatic carbocycles. The summed E-state index contributed by atoms with van der Waals surface area (Å²) in [5, 5.41) is 4.03. The predicted octanol–water partition coefficient (Wildman–Crippen LogP) is 2.37. The summed E-state index contributed by atoms with van der Waals surface area (Å²) in [4.78, 5) is 23.9. The molecule has 3 aromatic rings. The van der Waals surface area contributed by atoms with Gasteiger partial charge in [0.15, 0.2) is 0 Å². The van der Waals surface area contributed by atoms with Gasteiger partial charge in [0, 0.05) is 31.6 Å². The van der Waals surface area contributed by atoms with Crippen LogP contribution in [0.3, 0.4) is 0 Å². The first-order valence-corrected chi connectivity index (χ1v) is 13.2. The Kier molecular flexibility index (Phi) is 7.34. The van der Waals surface area contributed by atoms with Gasteiger partial charge in [-0.05, 0) is 36.6 Å². The van der Waals surface area contributed by atoms with E-state index in [0.717, 1.165) is 16.5 Å². The van der Waals surface area contributed by atoms with E-state index in [1.165, 1.54) is 0 Å². The van der Waals surface area contributed by atoms with Crippen LogP contribution in [-0.2, 0) is 21.4 Å². The van der Waals surface area contributed by atoms with Crippen molar-refractivity contribution in [3.05, 3.63) is 59.9 Å². The van der Waals surface area contributed by atoms with Crippen LogP contribution >= 0.6 is 0 Å². The zero-order chi connectivity index (χ0) is 25.2. The Balaban J connectivity index is 1.51. The van der Waals surface area contributed by atoms with Crippen LogP contribution in [0.15, 0.2) is 53.4 Å². The summed E-state index contributed by atoms with van der Waals surface area (Å²) in [5.41, 5.74) is 7.13. The average Bonchev–Trinajstić information content (AvgIpc) is 2.82. The standard InChI is InChI=1S/C25H32N6O3S/c1-17(2)23(24(26)32)29-25-19-9-5-6-10-20(19)27-22(28-25)16-30-12-14-31(15-13-30)35(33,34)21-11-7-4-8-18(21)3/h4-11,17,23H,12-16H2,1-3H3,(H2,26,32)(H,27,28,29)/t23-/m0/s1. The summed E-state index contributed by atoms with van der Waals surface area (Å²) in [7, 11) is -3.53. The highest BCUT2D eigenvalue weighted by atomic mass is 32.2. The Morgan fingerprint density at radius 3 is 2.34 bits per heavy atom. The van der Waals surface area contributed by atoms with Crippen molar-refractivity contribution in [2.45, 2.75) is 38.3 Å². The summed E-state index contributed by atoms with van der Waals surface area (Å²) in [6.07, 6.45) is 0. The zero-order valence-electron chi connectivity index (χ0n) is 20.3. The highest BCUT2D eigenvalue weighted by Crippen LogP contribution is 2.24. The van der Waals surface area contributed by atoms with E-state index in [-0.39, 0.29) is 5.92 Å². The molecule has 3 N–H and O–H groups in total. The Labute approximate surface area is 206 Å². The highest BCUT2D eigenvalue weighted by molar-refractivity contribution is 7.89. The Morgan fingerprint density at radius 1 is 1.03 bits per heavy atom. The Morgan fingerprint density at radius 2 is 1.69 bits per heavy atom. The summed E-state index contributed by atoms with van der Waals surface area (Å²) in [6, 6.07) is 14.1. The third kappa shape index (κ3) is 5.44. The molecule has 1 amide bonds. The van der Waals surface area contributed by atoms with Crippen LogP contribution in [0, 0.1) is 12.8 Å². The van der Waals surface area contributed by atoms with Crippen molar-refractivity contribution in [2.75, 3.05) is 31.5 Å². The minimum absolute atomic E-state index is 0.00652. The molecule has 1 aliphatic heterocycles. The SMILES string of the molecule is Cc1ccccc1S(=O)(=O)N1CCN(Cc2nc(N[C@H](C(N)=O)C(C)C)c3ccccc3n2)CC1. The Hall–Kier alpha value is -3.08. The van der Waals surface area contributed by atoms with Gasteiger partial charge in [-0.25, -0.2) is 18.4 Å². The second-order valence-corrected chi connectivity index (χ2v) is 11.1. The zero-order valence-corrected chi connectivity index (χ0v) is 21.1. The van der Waals surface area contributed by atoms with Crippen molar-refractivity contribution in [3.63, 3.8) is 0 Å². The third-order valence-corrected chi connectivity index (χ3v) is 8.38. The molecule has 1 aromatic heterocycles. The molecule has 2 heterocycles. The largest absolute Gasteiger partial charge is 0.368 e. The number of carbonyl (C=O) groups excluding carboxylic acids is 1. The maximum Gasteiger partial charge on any atom is 0.243 e. The van der Waals surface area contributed by atoms with E-state index in [1.54, 1.807) is 16.4 Å². The fraction of sp³-hybridized carbons (Fsp3) is 0.400. The van der Waals surface area contributed by atoms with Crippen LogP contribution in [0.1, 0.15) is 25.2 Å². The smallest absolute Gasteiger partial charge is 0.243 e. The van der Waals surface area contributed by atoms with Crippen molar-refractivity contribution in [1.29, 1.82) is 0 Å². The summed E-state index contributed by atoms with van der Waals surface area (Å²) in [6.45, 7) is 8.07. The molecule has 4 rings (SSSR count). The summed E-state index contributed by atoms with van der Waals surface area (Å²) in [5.74, 6) is 0.737. The van der Waals surface area contributed by atoms with E-state index >= 15 is 0 Å². The van der Waals surface area contributed by atoms with Crippen LogP contribution in [0.5, 0.6) is 0 Å². The van der Waals surface area contributed by atoms with Crippen molar-refractivity contribution >= 4 is 32.7 Å². The number of piperazine rings is 1. The molecular weight excluding hydrogens is 464 g/mol. The molecule has 10 heteroatoms. The van der Waals surface area contributed by atoms with Crippen LogP contribution in [-0.4, -0.2) is 65.7 Å². The van der Waals surface area contributed by atoms with E-state index in [0.29, 0.717) is 49.3 Å². The minimum Gasteiger partial charge on any atom is -0.368 e. The van der Waals surface area contributed by atoms with E-state index in [4.69, 9.17) is 15.7 Å². The molecule has 35 heavy (non-hydrogen) atoms. The number of fused-ring (bicyclic) bond motifs is 1. The van der Waals surface area contributed by atoms with E-state index in [9.17, 15) is 13.2 Å². The number of aryl methyl sites for hydroxylation is 1. The fourth-order valence-corrected chi connectivity index (χ4v) is 5.98. The van der Waals surface area contributed by atoms with Gasteiger partial charge in [0.1, 0.15) is 17.7 Å². The van der Waals surface area contributed by atoms with Gasteiger partial charge in [-0.15, -0.1) is 0 Å². The molecule has 1 saturated heterocycles. The number of nitrogens with one attached hydrogen (secondary N) is 1. The summed E-state index contributed by atoms with van der Waals surface area (Å²) < 4.78 is 27.8. The van der Waals surface area contributed by atoms with Gasteiger partial charge >= 0.3 is 0 Å². The van der Waals surface area contributed by atoms with Gasteiger partial charge in [-0.2, -0.15) is 4.31 Å². The maximum atomic E-state index is 13.1. The average molecular weight is 497 g/mol. The lowest BCUT2D eigenvalue weighted by atomic mass is 10.0. The number of carbonyl (C=O) groups is 1. The number of para-hydroxylation sites is 1. The molecule has 0 spiro atoms. The van der Waals surface area contributed by atoms with E-state index in [1.807, 2.05) is 57.2 Å². The summed E-state index contributed by atoms with van der Waals surface area (Å²) >= 11 is 0. The molecule has 2 aromatic carbocycles. The molecule has 1 atom stereocenters. The molecule has 0 unspecified atom stereocenters. The number of benzene rings is 2. The number of anilines is 1. The quantitative estimate of drug-likeness (QED) is 0.491. The number of nitrogens with two attached hydrogens (primary N) is 1. The fourth-order valence-electron chi connectivity index (χ4n) is 4.33. The number of rotatable bonds is 8. The van der Waals surface area contributed by atoms with Crippen molar-refractivity contribution in [2.24, 2.45) is 11.7 Å². The number of aromatic nitrogens is 2. The predicted molar refractivity (Wildman–Crippen MR) is 136 cm³/mol. The first-order valence-electron chi connectivity index (χ1n) is 11.8. The molecule has 9 nitrogen and oxygen atoms in total. The lowest BCUT2D eigenvalue weighted by molar-refractivity contribution is -0.119. The topological polar surface area (TPSA) is 122 Å². The van der Waals surface area contributed by atoms with E-state index < -0.39 is 22.0 Å². The van der Waals surface area contributed by atoms with Crippen molar-refractivity contribution < 1.29 is 13.2 Å². The van der Waals surface area contributed by atoms with Gasteiger partial charge in [0.2, 0.25) is 15.9 Å². The molecule has 1 fully saturated rings. The van der Waals surface area contributed by atoms with Gasteiger partial charge < -0.3 is 11.1 Å². The highest BCUT2D eigenvalue weighted by Gasteiger charge is 2.30. The van der Waals surface area contributed by atoms with Crippen LogP contribution in [0.25, 0.3) is 10.9 Å². The van der Waals surface area contributed by atoms with Crippen molar-refractivity contribution in [1.82, 2.24) is 19.2 Å². The number of hydrogen-bond acceptors (Lipinski definition) is 7. The normalized spacial score (nSPS) is 16.5. The maximum absolute atomic E-state index is 13.1. The number of hydrogen-bond donors (Lipinski definition) is 2. The number of sulfonamides is 1. The molecule has 186 valence electrons. The Bertz CT molecular complexity index is 1320. The molecule has 0 saturated carbocycles. The van der Waals surface area contributed by atoms with Gasteiger partial charge in [0.05, 0.1) is 17.0 Å². The lowest BCUT2D eigenvalue weighted by Crippen LogP contribution is -2.48. The lowest BCUT2D eigenvalue weighted by Gasteiger charge is -2.33. The second kappa shape index (κ2) is 10.3. The van der Waals surface area contributed by atoms with Gasteiger partial charge in [0.25, 0.3) is 0 Å². The second-order valence-electron chi connectivity index (χ2n) is 9.22. The molecular formula is C25H32N6O3S. The van der Waals surface area contributed by atoms with Gasteiger partial charge in [-0.1, -0.05) is 44.2 Å². The number of amides is 1. The van der Waals surface area contributed by atoms with Gasteiger partial charge in [-0.3, -0.25) is 9.69 Å². The molecule has 0 radical (unpaired) electrons. The van der Waals surface area contributed by atoms with Crippen LogP contribution in [0.2, 0.25) is 0 Å². The third-order valence-electron chi connectivity index (χ3n) is 6.32. The minimum atomic E-state index is -3.53. The molecule has 0 bridgehead atoms. The first kappa shape index (κ1) is 25.0. The van der Waals surface area contributed by atoms with E-state index in [2.05, 4.69) is 10.2 Å². The van der Waals surface area contributed by atoms with Crippen LogP contribution < -0.4 is 11.1 Å². The molecule has 1 aliphatic rings. The van der Waals surface area contributed by atoms with Crippen molar-refractivity contribution in [3.8, 4) is 0 Å². The number of primary amides is 1. The first-order chi connectivity index (χ1) is 16.7. The monoisotopic (exact) mass is 496 g/mol. The number of nitrogens with zero attached hydrogens (tertiary/aromatic N) is 4.